The van der Waals surface area contributed by atoms with Gasteiger partial charge in [0.25, 0.3) is 5.56 Å². The molecule has 0 radical (unpaired) electrons. The van der Waals surface area contributed by atoms with Crippen LogP contribution >= 0.6 is 12.2 Å². The summed E-state index contributed by atoms with van der Waals surface area (Å²) in [5.74, 6) is 0. The van der Waals surface area contributed by atoms with Crippen LogP contribution in [0.15, 0.2) is 53.3 Å². The molecule has 0 aliphatic rings. The minimum Gasteiger partial charge on any atom is -0.332 e. The Morgan fingerprint density at radius 3 is 2.35 bits per heavy atom. The van der Waals surface area contributed by atoms with Crippen LogP contribution in [0.4, 0.5) is 11.4 Å². The summed E-state index contributed by atoms with van der Waals surface area (Å²) in [4.78, 5) is 12.9. The van der Waals surface area contributed by atoms with E-state index in [1.807, 2.05) is 75.0 Å². The third-order valence-corrected chi connectivity index (χ3v) is 4.63. The van der Waals surface area contributed by atoms with Crippen LogP contribution in [-0.4, -0.2) is 14.5 Å². The molecule has 134 valence electrons. The molecule has 1 aromatic heterocycles. The Morgan fingerprint density at radius 1 is 1.00 bits per heavy atom. The Bertz CT molecular complexity index is 1020. The molecule has 0 saturated heterocycles. The van der Waals surface area contributed by atoms with E-state index in [9.17, 15) is 4.79 Å². The van der Waals surface area contributed by atoms with Gasteiger partial charge in [0.15, 0.2) is 5.11 Å². The van der Waals surface area contributed by atoms with Crippen molar-refractivity contribution in [3.05, 3.63) is 75.7 Å². The summed E-state index contributed by atoms with van der Waals surface area (Å²) < 4.78 is 3.44. The fourth-order valence-electron chi connectivity index (χ4n) is 2.93. The molecule has 2 aromatic carbocycles. The van der Waals surface area contributed by atoms with Crippen LogP contribution in [0, 0.1) is 20.8 Å². The minimum absolute atomic E-state index is 0.138. The second-order valence-corrected chi connectivity index (χ2v) is 6.74. The average molecular weight is 366 g/mol. The largest absolute Gasteiger partial charge is 0.332 e. The standard InChI is InChI=1S/C20H22N4OS/c1-13-10-11-17(14(2)12-13)21-20(26)22-18-15(3)23(4)24(19(18)25)16-8-6-5-7-9-16/h5-12H,1-4H3,(H2,21,22,26). The first-order valence-corrected chi connectivity index (χ1v) is 8.78. The van der Waals surface area contributed by atoms with E-state index in [1.165, 1.54) is 5.56 Å². The molecular weight excluding hydrogens is 344 g/mol. The topological polar surface area (TPSA) is 51.0 Å². The summed E-state index contributed by atoms with van der Waals surface area (Å²) >= 11 is 5.42. The first-order valence-electron chi connectivity index (χ1n) is 8.37. The van der Waals surface area contributed by atoms with Crippen molar-refractivity contribution in [3.8, 4) is 5.69 Å². The van der Waals surface area contributed by atoms with E-state index in [-0.39, 0.29) is 5.56 Å². The summed E-state index contributed by atoms with van der Waals surface area (Å²) in [5, 5.41) is 6.63. The molecule has 2 N–H and O–H groups in total. The SMILES string of the molecule is Cc1ccc(NC(=S)Nc2c(C)n(C)n(-c3ccccc3)c2=O)c(C)c1. The van der Waals surface area contributed by atoms with Crippen molar-refractivity contribution >= 4 is 28.7 Å². The highest BCUT2D eigenvalue weighted by Crippen LogP contribution is 2.18. The van der Waals surface area contributed by atoms with Gasteiger partial charge in [0, 0.05) is 12.7 Å². The maximum atomic E-state index is 12.9. The Morgan fingerprint density at radius 2 is 1.69 bits per heavy atom. The van der Waals surface area contributed by atoms with Crippen molar-refractivity contribution in [2.45, 2.75) is 20.8 Å². The Balaban J connectivity index is 1.88. The molecule has 0 fully saturated rings. The molecule has 26 heavy (non-hydrogen) atoms. The lowest BCUT2D eigenvalue weighted by Gasteiger charge is -2.12. The molecule has 0 amide bonds. The molecule has 0 unspecified atom stereocenters. The Kier molecular flexibility index (Phi) is 4.95. The van der Waals surface area contributed by atoms with Gasteiger partial charge in [-0.1, -0.05) is 35.9 Å². The predicted octanol–water partition coefficient (Wildman–Crippen LogP) is 3.91. The van der Waals surface area contributed by atoms with Gasteiger partial charge < -0.3 is 10.6 Å². The van der Waals surface area contributed by atoms with E-state index >= 15 is 0 Å². The minimum atomic E-state index is -0.138. The van der Waals surface area contributed by atoms with Crippen LogP contribution in [0.3, 0.4) is 0 Å². The smallest absolute Gasteiger partial charge is 0.295 e. The van der Waals surface area contributed by atoms with Crippen molar-refractivity contribution in [1.29, 1.82) is 0 Å². The van der Waals surface area contributed by atoms with Crippen molar-refractivity contribution in [2.75, 3.05) is 10.6 Å². The number of nitrogens with one attached hydrogen (secondary N) is 2. The van der Waals surface area contributed by atoms with E-state index in [4.69, 9.17) is 12.2 Å². The predicted molar refractivity (Wildman–Crippen MR) is 112 cm³/mol. The third kappa shape index (κ3) is 3.41. The summed E-state index contributed by atoms with van der Waals surface area (Å²) in [5.41, 5.74) is 5.16. The second-order valence-electron chi connectivity index (χ2n) is 6.33. The molecule has 3 aromatic rings. The number of benzene rings is 2. The number of thiocarbonyl (C=S) groups is 1. The zero-order valence-corrected chi connectivity index (χ0v) is 16.1. The maximum absolute atomic E-state index is 12.9. The van der Waals surface area contributed by atoms with Gasteiger partial charge in [-0.15, -0.1) is 0 Å². The Labute approximate surface area is 158 Å². The van der Waals surface area contributed by atoms with Gasteiger partial charge in [-0.2, -0.15) is 0 Å². The van der Waals surface area contributed by atoms with Gasteiger partial charge in [-0.05, 0) is 56.8 Å². The molecule has 0 bridgehead atoms. The number of rotatable bonds is 3. The van der Waals surface area contributed by atoms with Crippen molar-refractivity contribution in [2.24, 2.45) is 7.05 Å². The molecule has 0 spiro atoms. The molecule has 0 aliphatic heterocycles. The normalized spacial score (nSPS) is 10.6. The number of para-hydroxylation sites is 1. The van der Waals surface area contributed by atoms with Gasteiger partial charge in [-0.25, -0.2) is 4.68 Å². The Hall–Kier alpha value is -2.86. The lowest BCUT2D eigenvalue weighted by molar-refractivity contribution is 0.630. The van der Waals surface area contributed by atoms with E-state index in [0.29, 0.717) is 10.8 Å². The third-order valence-electron chi connectivity index (χ3n) is 4.42. The van der Waals surface area contributed by atoms with Crippen LogP contribution in [0.5, 0.6) is 0 Å². The van der Waals surface area contributed by atoms with Crippen molar-refractivity contribution < 1.29 is 0 Å². The van der Waals surface area contributed by atoms with Crippen LogP contribution in [-0.2, 0) is 7.05 Å². The number of anilines is 2. The maximum Gasteiger partial charge on any atom is 0.295 e. The highest BCUT2D eigenvalue weighted by atomic mass is 32.1. The van der Waals surface area contributed by atoms with Gasteiger partial charge >= 0.3 is 0 Å². The molecule has 6 heteroatoms. The van der Waals surface area contributed by atoms with Crippen molar-refractivity contribution in [3.63, 3.8) is 0 Å². The van der Waals surface area contributed by atoms with Gasteiger partial charge in [0.1, 0.15) is 5.69 Å². The van der Waals surface area contributed by atoms with Crippen LogP contribution in [0.2, 0.25) is 0 Å². The molecule has 0 aliphatic carbocycles. The molecule has 0 saturated carbocycles. The first kappa shape index (κ1) is 17.9. The van der Waals surface area contributed by atoms with Crippen molar-refractivity contribution in [1.82, 2.24) is 9.36 Å². The lowest BCUT2D eigenvalue weighted by Crippen LogP contribution is -2.25. The molecular formula is C20H22N4OS. The highest BCUT2D eigenvalue weighted by molar-refractivity contribution is 7.80. The number of hydrogen-bond acceptors (Lipinski definition) is 2. The van der Waals surface area contributed by atoms with Crippen LogP contribution in [0.1, 0.15) is 16.8 Å². The fourth-order valence-corrected chi connectivity index (χ4v) is 3.15. The zero-order chi connectivity index (χ0) is 18.8. The number of aryl methyl sites for hydroxylation is 2. The number of hydrogen-bond donors (Lipinski definition) is 2. The average Bonchev–Trinajstić information content (AvgIpc) is 2.82. The fraction of sp³-hybridized carbons (Fsp3) is 0.200. The van der Waals surface area contributed by atoms with E-state index in [2.05, 4.69) is 16.7 Å². The van der Waals surface area contributed by atoms with E-state index in [0.717, 1.165) is 22.6 Å². The van der Waals surface area contributed by atoms with Crippen LogP contribution in [0.25, 0.3) is 5.69 Å². The van der Waals surface area contributed by atoms with Crippen LogP contribution < -0.4 is 16.2 Å². The zero-order valence-electron chi connectivity index (χ0n) is 15.3. The summed E-state index contributed by atoms with van der Waals surface area (Å²) in [6.45, 7) is 5.96. The second kappa shape index (κ2) is 7.17. The summed E-state index contributed by atoms with van der Waals surface area (Å²) in [7, 11) is 1.86. The first-order chi connectivity index (χ1) is 12.4. The highest BCUT2D eigenvalue weighted by Gasteiger charge is 2.17. The summed E-state index contributed by atoms with van der Waals surface area (Å²) in [6.07, 6.45) is 0. The van der Waals surface area contributed by atoms with E-state index in [1.54, 1.807) is 4.68 Å². The summed E-state index contributed by atoms with van der Waals surface area (Å²) in [6, 6.07) is 15.6. The van der Waals surface area contributed by atoms with Gasteiger partial charge in [0.05, 0.1) is 11.4 Å². The molecule has 0 atom stereocenters. The molecule has 1 heterocycles. The molecule has 5 nitrogen and oxygen atoms in total. The van der Waals surface area contributed by atoms with Gasteiger partial charge in [-0.3, -0.25) is 9.48 Å². The quantitative estimate of drug-likeness (QED) is 0.690. The lowest BCUT2D eigenvalue weighted by atomic mass is 10.1. The number of nitrogens with zero attached hydrogens (tertiary/aromatic N) is 2. The monoisotopic (exact) mass is 366 g/mol. The van der Waals surface area contributed by atoms with E-state index < -0.39 is 0 Å². The molecule has 3 rings (SSSR count). The van der Waals surface area contributed by atoms with Gasteiger partial charge in [0.2, 0.25) is 0 Å². The number of aromatic nitrogens is 2.